The van der Waals surface area contributed by atoms with E-state index in [-0.39, 0.29) is 13.2 Å². The Morgan fingerprint density at radius 3 is 2.34 bits per heavy atom. The Morgan fingerprint density at radius 1 is 0.914 bits per heavy atom. The SMILES string of the molecule is O=P(O)(O)C(Cc1ccc2c(c1)OCO2)N[C@H](Cc1ccc(-c2ccccc2)cc1)c1nn[nH]n1. The average molecular weight is 493 g/mol. The molecule has 0 spiro atoms. The van der Waals surface area contributed by atoms with Crippen LogP contribution < -0.4 is 14.8 Å². The Balaban J connectivity index is 1.36. The van der Waals surface area contributed by atoms with E-state index in [1.54, 1.807) is 18.2 Å². The first-order valence-electron chi connectivity index (χ1n) is 11.0. The molecule has 0 aliphatic carbocycles. The summed E-state index contributed by atoms with van der Waals surface area (Å²) in [5.41, 5.74) is 3.85. The zero-order valence-electron chi connectivity index (χ0n) is 18.6. The third kappa shape index (κ3) is 5.58. The van der Waals surface area contributed by atoms with Crippen molar-refractivity contribution in [2.75, 3.05) is 6.79 Å². The summed E-state index contributed by atoms with van der Waals surface area (Å²) in [7, 11) is -4.54. The number of tetrazole rings is 1. The topological polar surface area (TPSA) is 142 Å². The number of aromatic amines is 1. The Morgan fingerprint density at radius 2 is 1.63 bits per heavy atom. The molecule has 1 aliphatic rings. The summed E-state index contributed by atoms with van der Waals surface area (Å²) in [6.07, 6.45) is 0.481. The second-order valence-electron chi connectivity index (χ2n) is 8.25. The van der Waals surface area contributed by atoms with Crippen LogP contribution in [-0.4, -0.2) is 43.0 Å². The van der Waals surface area contributed by atoms with Gasteiger partial charge in [-0.05, 0) is 47.2 Å². The van der Waals surface area contributed by atoms with E-state index in [1.807, 2.05) is 54.6 Å². The van der Waals surface area contributed by atoms with Gasteiger partial charge in [0.1, 0.15) is 5.78 Å². The van der Waals surface area contributed by atoms with Crippen molar-refractivity contribution in [2.24, 2.45) is 0 Å². The van der Waals surface area contributed by atoms with Gasteiger partial charge in [-0.1, -0.05) is 65.9 Å². The van der Waals surface area contributed by atoms with Crippen LogP contribution in [0.3, 0.4) is 0 Å². The van der Waals surface area contributed by atoms with Crippen LogP contribution in [0.4, 0.5) is 0 Å². The Labute approximate surface area is 201 Å². The van der Waals surface area contributed by atoms with Gasteiger partial charge in [-0.2, -0.15) is 5.21 Å². The molecule has 1 aromatic heterocycles. The molecule has 4 aromatic rings. The van der Waals surface area contributed by atoms with Crippen molar-refractivity contribution in [1.82, 2.24) is 25.9 Å². The average Bonchev–Trinajstić information content (AvgIpc) is 3.56. The van der Waals surface area contributed by atoms with Crippen molar-refractivity contribution >= 4 is 7.60 Å². The minimum atomic E-state index is -4.54. The number of fused-ring (bicyclic) bond motifs is 1. The summed E-state index contributed by atoms with van der Waals surface area (Å²) in [5, 5.41) is 17.3. The predicted molar refractivity (Wildman–Crippen MR) is 128 cm³/mol. The van der Waals surface area contributed by atoms with Gasteiger partial charge in [0.15, 0.2) is 17.3 Å². The molecule has 0 amide bonds. The highest BCUT2D eigenvalue weighted by atomic mass is 31.2. The number of rotatable bonds is 9. The van der Waals surface area contributed by atoms with E-state index in [0.717, 1.165) is 16.7 Å². The van der Waals surface area contributed by atoms with E-state index in [0.29, 0.717) is 29.3 Å². The van der Waals surface area contributed by atoms with Gasteiger partial charge in [0.25, 0.3) is 0 Å². The van der Waals surface area contributed by atoms with E-state index >= 15 is 0 Å². The lowest BCUT2D eigenvalue weighted by atomic mass is 10.00. The van der Waals surface area contributed by atoms with Gasteiger partial charge in [-0.25, -0.2) is 0 Å². The van der Waals surface area contributed by atoms with E-state index in [9.17, 15) is 14.4 Å². The molecule has 3 aromatic carbocycles. The normalized spacial score (nSPS) is 14.6. The molecule has 0 bridgehead atoms. The molecule has 0 radical (unpaired) electrons. The minimum Gasteiger partial charge on any atom is -0.454 e. The van der Waals surface area contributed by atoms with Crippen molar-refractivity contribution in [2.45, 2.75) is 24.7 Å². The second kappa shape index (κ2) is 9.97. The smallest absolute Gasteiger partial charge is 0.342 e. The molecule has 10 nitrogen and oxygen atoms in total. The fraction of sp³-hybridized carbons (Fsp3) is 0.208. The summed E-state index contributed by atoms with van der Waals surface area (Å²) < 4.78 is 23.2. The Kier molecular flexibility index (Phi) is 6.61. The molecule has 11 heteroatoms. The van der Waals surface area contributed by atoms with Crippen molar-refractivity contribution in [3.05, 3.63) is 89.7 Å². The van der Waals surface area contributed by atoms with Crippen LogP contribution in [0.15, 0.2) is 72.8 Å². The molecule has 2 heterocycles. The number of H-pyrrole nitrogens is 1. The van der Waals surface area contributed by atoms with Crippen LogP contribution in [0.1, 0.15) is 23.0 Å². The third-order valence-electron chi connectivity index (χ3n) is 5.84. The first-order valence-corrected chi connectivity index (χ1v) is 12.7. The molecule has 4 N–H and O–H groups in total. The number of ether oxygens (including phenoxy) is 2. The number of aromatic nitrogens is 4. The number of nitrogens with zero attached hydrogens (tertiary/aromatic N) is 3. The molecule has 0 saturated carbocycles. The zero-order chi connectivity index (χ0) is 24.3. The van der Waals surface area contributed by atoms with Gasteiger partial charge in [0, 0.05) is 0 Å². The zero-order valence-corrected chi connectivity index (χ0v) is 19.5. The first kappa shape index (κ1) is 23.2. The van der Waals surface area contributed by atoms with Crippen molar-refractivity contribution in [3.63, 3.8) is 0 Å². The van der Waals surface area contributed by atoms with Gasteiger partial charge >= 0.3 is 7.60 Å². The largest absolute Gasteiger partial charge is 0.454 e. The molecule has 35 heavy (non-hydrogen) atoms. The summed E-state index contributed by atoms with van der Waals surface area (Å²) in [4.78, 5) is 20.3. The molecule has 1 aliphatic heterocycles. The van der Waals surface area contributed by atoms with Crippen LogP contribution in [0.2, 0.25) is 0 Å². The highest BCUT2D eigenvalue weighted by Gasteiger charge is 2.33. The predicted octanol–water partition coefficient (Wildman–Crippen LogP) is 3.22. The lowest BCUT2D eigenvalue weighted by Gasteiger charge is -2.25. The van der Waals surface area contributed by atoms with Crippen LogP contribution in [-0.2, 0) is 17.4 Å². The summed E-state index contributed by atoms with van der Waals surface area (Å²) >= 11 is 0. The van der Waals surface area contributed by atoms with Gasteiger partial charge in [0.05, 0.1) is 6.04 Å². The second-order valence-corrected chi connectivity index (χ2v) is 10.1. The van der Waals surface area contributed by atoms with Crippen molar-refractivity contribution in [1.29, 1.82) is 0 Å². The lowest BCUT2D eigenvalue weighted by molar-refractivity contribution is 0.174. The van der Waals surface area contributed by atoms with E-state index in [1.165, 1.54) is 0 Å². The molecule has 180 valence electrons. The monoisotopic (exact) mass is 493 g/mol. The number of nitrogens with one attached hydrogen (secondary N) is 2. The highest BCUT2D eigenvalue weighted by molar-refractivity contribution is 7.52. The Bertz CT molecular complexity index is 1310. The molecule has 2 atom stereocenters. The van der Waals surface area contributed by atoms with Gasteiger partial charge in [-0.15, -0.1) is 10.2 Å². The molecular formula is C24H24N5O5P. The van der Waals surface area contributed by atoms with Gasteiger partial charge < -0.3 is 19.3 Å². The third-order valence-corrected chi connectivity index (χ3v) is 6.98. The van der Waals surface area contributed by atoms with Crippen molar-refractivity contribution in [3.8, 4) is 22.6 Å². The lowest BCUT2D eigenvalue weighted by Crippen LogP contribution is -2.36. The van der Waals surface area contributed by atoms with Gasteiger partial charge in [0.2, 0.25) is 6.79 Å². The van der Waals surface area contributed by atoms with Crippen molar-refractivity contribution < 1.29 is 23.8 Å². The Hall–Kier alpha value is -3.56. The number of benzene rings is 3. The quantitative estimate of drug-likeness (QED) is 0.259. The fourth-order valence-electron chi connectivity index (χ4n) is 4.04. The number of hydrogen-bond donors (Lipinski definition) is 4. The summed E-state index contributed by atoms with van der Waals surface area (Å²) in [5.74, 6) is 0.314. The maximum Gasteiger partial charge on any atom is 0.342 e. The van der Waals surface area contributed by atoms with Gasteiger partial charge in [-0.3, -0.25) is 9.88 Å². The molecular weight excluding hydrogens is 469 g/mol. The highest BCUT2D eigenvalue weighted by Crippen LogP contribution is 2.43. The first-order chi connectivity index (χ1) is 17.0. The molecule has 1 unspecified atom stereocenters. The van der Waals surface area contributed by atoms with E-state index < -0.39 is 19.4 Å². The minimum absolute atomic E-state index is 0.0716. The van der Waals surface area contributed by atoms with E-state index in [4.69, 9.17) is 9.47 Å². The van der Waals surface area contributed by atoms with Crippen LogP contribution in [0.25, 0.3) is 11.1 Å². The maximum atomic E-state index is 12.4. The molecule has 0 fully saturated rings. The van der Waals surface area contributed by atoms with Crippen LogP contribution >= 0.6 is 7.60 Å². The summed E-state index contributed by atoms with van der Waals surface area (Å²) in [6.45, 7) is 0.127. The van der Waals surface area contributed by atoms with Crippen LogP contribution in [0, 0.1) is 0 Å². The van der Waals surface area contributed by atoms with E-state index in [2.05, 4.69) is 25.9 Å². The summed E-state index contributed by atoms with van der Waals surface area (Å²) in [6, 6.07) is 22.7. The molecule has 0 saturated heterocycles. The standard InChI is InChI=1S/C24H24N5O5P/c30-35(31,32)23(14-17-8-11-21-22(13-17)34-15-33-21)25-20(24-26-28-29-27-24)12-16-6-9-19(10-7-16)18-4-2-1-3-5-18/h1-11,13,20,23,25H,12,14-15H2,(H2,30,31,32)(H,26,27,28,29)/t20-,23?/m1/s1. The number of hydrogen-bond acceptors (Lipinski definition) is 7. The fourth-order valence-corrected chi connectivity index (χ4v) is 4.86. The maximum absolute atomic E-state index is 12.4. The van der Waals surface area contributed by atoms with Crippen LogP contribution in [0.5, 0.6) is 11.5 Å². The molecule has 5 rings (SSSR count).